The third-order valence-electron chi connectivity index (χ3n) is 3.90. The van der Waals surface area contributed by atoms with E-state index < -0.39 is 23.7 Å². The van der Waals surface area contributed by atoms with Gasteiger partial charge in [0.05, 0.1) is 11.3 Å². The molecule has 5 nitrogen and oxygen atoms in total. The monoisotopic (exact) mass is 405 g/mol. The van der Waals surface area contributed by atoms with E-state index in [0.717, 1.165) is 4.90 Å². The van der Waals surface area contributed by atoms with Crippen LogP contribution in [0.3, 0.4) is 0 Å². The van der Waals surface area contributed by atoms with Gasteiger partial charge in [0.15, 0.2) is 0 Å². The number of ether oxygens (including phenoxy) is 1. The number of Topliss-reactive ketones (excluding diaryl/α,β-unsaturated/α-hetero) is 1. The molecule has 0 spiro atoms. The van der Waals surface area contributed by atoms with E-state index in [4.69, 9.17) is 4.74 Å². The third-order valence-corrected chi connectivity index (χ3v) is 4.39. The quantitative estimate of drug-likeness (QED) is 0.578. The molecule has 3 rings (SSSR count). The van der Waals surface area contributed by atoms with Crippen molar-refractivity contribution in [3.8, 4) is 0 Å². The molecule has 25 heavy (non-hydrogen) atoms. The highest BCUT2D eigenvalue weighted by Gasteiger charge is 2.41. The minimum atomic E-state index is -0.959. The Kier molecular flexibility index (Phi) is 4.67. The molecule has 2 aromatic rings. The second-order valence-corrected chi connectivity index (χ2v) is 6.49. The zero-order chi connectivity index (χ0) is 18.1. The smallest absolute Gasteiger partial charge is 0.329 e. The van der Waals surface area contributed by atoms with Crippen molar-refractivity contribution >= 4 is 39.3 Å². The lowest BCUT2D eigenvalue weighted by molar-refractivity contribution is -0.146. The molecule has 1 aliphatic heterocycles. The first-order chi connectivity index (χ1) is 11.9. The van der Waals surface area contributed by atoms with Gasteiger partial charge in [-0.1, -0.05) is 28.1 Å². The molecule has 2 aromatic carbocycles. The predicted molar refractivity (Wildman–Crippen MR) is 91.6 cm³/mol. The van der Waals surface area contributed by atoms with E-state index in [1.807, 2.05) is 0 Å². The molecule has 0 saturated carbocycles. The summed E-state index contributed by atoms with van der Waals surface area (Å²) < 4.78 is 18.7. The second kappa shape index (κ2) is 6.76. The van der Waals surface area contributed by atoms with E-state index in [2.05, 4.69) is 15.9 Å². The fraction of sp³-hybridized carbons (Fsp3) is 0.167. The van der Waals surface area contributed by atoms with Crippen molar-refractivity contribution in [2.24, 2.45) is 0 Å². The number of carbonyl (C=O) groups excluding carboxylic acids is 3. The number of rotatable bonds is 4. The molecule has 0 fully saturated rings. The molecular weight excluding hydrogens is 393 g/mol. The zero-order valence-corrected chi connectivity index (χ0v) is 14.7. The summed E-state index contributed by atoms with van der Waals surface area (Å²) in [6.45, 7) is 1.45. The maximum atomic E-state index is 12.9. The van der Waals surface area contributed by atoms with Crippen molar-refractivity contribution in [2.45, 2.75) is 19.6 Å². The molecule has 128 valence electrons. The maximum absolute atomic E-state index is 12.9. The van der Waals surface area contributed by atoms with Crippen LogP contribution in [0.1, 0.15) is 22.8 Å². The number of hydrogen-bond donors (Lipinski definition) is 0. The van der Waals surface area contributed by atoms with Gasteiger partial charge in [0, 0.05) is 4.47 Å². The summed E-state index contributed by atoms with van der Waals surface area (Å²) in [6.07, 6.45) is 0. The molecule has 0 aromatic heterocycles. The Labute approximate surface area is 151 Å². The van der Waals surface area contributed by atoms with E-state index in [1.165, 1.54) is 31.2 Å². The topological polar surface area (TPSA) is 63.7 Å². The number of anilines is 1. The van der Waals surface area contributed by atoms with Crippen molar-refractivity contribution in [1.82, 2.24) is 0 Å². The molecule has 0 saturated heterocycles. The SMILES string of the molecule is C[C@@H](C(=O)OCc1ccc(F)cc1)N1C(=O)C(=O)c2cc(Br)ccc21. The molecule has 1 atom stereocenters. The maximum Gasteiger partial charge on any atom is 0.329 e. The fourth-order valence-corrected chi connectivity index (χ4v) is 2.94. The summed E-state index contributed by atoms with van der Waals surface area (Å²) in [7, 11) is 0. The van der Waals surface area contributed by atoms with E-state index in [-0.39, 0.29) is 18.0 Å². The van der Waals surface area contributed by atoms with E-state index >= 15 is 0 Å². The molecule has 0 N–H and O–H groups in total. The van der Waals surface area contributed by atoms with Gasteiger partial charge in [0.2, 0.25) is 0 Å². The lowest BCUT2D eigenvalue weighted by Gasteiger charge is -2.23. The Morgan fingerprint density at radius 2 is 1.88 bits per heavy atom. The van der Waals surface area contributed by atoms with Gasteiger partial charge in [0.1, 0.15) is 18.5 Å². The largest absolute Gasteiger partial charge is 0.459 e. The first-order valence-electron chi connectivity index (χ1n) is 7.47. The van der Waals surface area contributed by atoms with E-state index in [0.29, 0.717) is 15.7 Å². The summed E-state index contributed by atoms with van der Waals surface area (Å²) in [5.41, 5.74) is 1.25. The fourth-order valence-electron chi connectivity index (χ4n) is 2.58. The number of carbonyl (C=O) groups is 3. The van der Waals surface area contributed by atoms with Crippen molar-refractivity contribution in [1.29, 1.82) is 0 Å². The Morgan fingerprint density at radius 3 is 2.56 bits per heavy atom. The van der Waals surface area contributed by atoms with Gasteiger partial charge in [0.25, 0.3) is 11.7 Å². The lowest BCUT2D eigenvalue weighted by Crippen LogP contribution is -2.43. The third kappa shape index (κ3) is 3.32. The van der Waals surface area contributed by atoms with Crippen LogP contribution in [0.5, 0.6) is 0 Å². The van der Waals surface area contributed by atoms with Crippen LogP contribution in [0.15, 0.2) is 46.9 Å². The average Bonchev–Trinajstić information content (AvgIpc) is 2.84. The number of benzene rings is 2. The molecule has 1 amide bonds. The molecule has 7 heteroatoms. The number of fused-ring (bicyclic) bond motifs is 1. The van der Waals surface area contributed by atoms with Crippen LogP contribution in [0, 0.1) is 5.82 Å². The van der Waals surface area contributed by atoms with Crippen LogP contribution in [0.25, 0.3) is 0 Å². The molecule has 0 radical (unpaired) electrons. The van der Waals surface area contributed by atoms with Gasteiger partial charge in [-0.25, -0.2) is 9.18 Å². The van der Waals surface area contributed by atoms with Crippen LogP contribution in [-0.2, 0) is 20.9 Å². The van der Waals surface area contributed by atoms with Crippen LogP contribution in [0.4, 0.5) is 10.1 Å². The molecular formula is C18H13BrFNO4. The first kappa shape index (κ1) is 17.3. The van der Waals surface area contributed by atoms with Crippen LogP contribution in [-0.4, -0.2) is 23.7 Å². The van der Waals surface area contributed by atoms with E-state index in [9.17, 15) is 18.8 Å². The highest BCUT2D eigenvalue weighted by Crippen LogP contribution is 2.33. The summed E-state index contributed by atoms with van der Waals surface area (Å²) in [5.74, 6) is -2.46. The zero-order valence-electron chi connectivity index (χ0n) is 13.2. The number of hydrogen-bond acceptors (Lipinski definition) is 4. The number of esters is 1. The summed E-state index contributed by atoms with van der Waals surface area (Å²) in [4.78, 5) is 37.8. The van der Waals surface area contributed by atoms with Gasteiger partial charge < -0.3 is 4.74 Å². The number of ketones is 1. The lowest BCUT2D eigenvalue weighted by atomic mass is 10.1. The minimum Gasteiger partial charge on any atom is -0.459 e. The Morgan fingerprint density at radius 1 is 1.20 bits per heavy atom. The van der Waals surface area contributed by atoms with Crippen molar-refractivity contribution in [3.05, 3.63) is 63.9 Å². The molecule has 0 aliphatic carbocycles. The van der Waals surface area contributed by atoms with Crippen LogP contribution >= 0.6 is 15.9 Å². The molecule has 0 bridgehead atoms. The van der Waals surface area contributed by atoms with Crippen molar-refractivity contribution < 1.29 is 23.5 Å². The van der Waals surface area contributed by atoms with Gasteiger partial charge in [-0.15, -0.1) is 0 Å². The normalized spacial score (nSPS) is 14.4. The number of amides is 1. The average molecular weight is 406 g/mol. The summed E-state index contributed by atoms with van der Waals surface area (Å²) in [6, 6.07) is 9.42. The molecule has 0 unspecified atom stereocenters. The number of halogens is 2. The Bertz CT molecular complexity index is 866. The molecule has 1 aliphatic rings. The van der Waals surface area contributed by atoms with Gasteiger partial charge in [-0.05, 0) is 42.8 Å². The standard InChI is InChI=1S/C18H13BrFNO4/c1-10(18(24)25-9-11-2-5-13(20)6-3-11)21-15-7-4-12(19)8-14(15)16(22)17(21)23/h2-8,10H,9H2,1H3/t10-/m0/s1. The van der Waals surface area contributed by atoms with Crippen LogP contribution in [0.2, 0.25) is 0 Å². The van der Waals surface area contributed by atoms with Crippen molar-refractivity contribution in [3.63, 3.8) is 0 Å². The summed E-state index contributed by atoms with van der Waals surface area (Å²) >= 11 is 3.25. The van der Waals surface area contributed by atoms with Gasteiger partial charge in [-0.3, -0.25) is 14.5 Å². The minimum absolute atomic E-state index is 0.0490. The second-order valence-electron chi connectivity index (χ2n) is 5.58. The Hall–Kier alpha value is -2.54. The van der Waals surface area contributed by atoms with Crippen molar-refractivity contribution in [2.75, 3.05) is 4.90 Å². The van der Waals surface area contributed by atoms with Gasteiger partial charge in [-0.2, -0.15) is 0 Å². The van der Waals surface area contributed by atoms with Gasteiger partial charge >= 0.3 is 5.97 Å². The number of nitrogens with zero attached hydrogens (tertiary/aromatic N) is 1. The molecule has 1 heterocycles. The predicted octanol–water partition coefficient (Wildman–Crippen LogP) is 3.25. The van der Waals surface area contributed by atoms with Crippen LogP contribution < -0.4 is 4.90 Å². The van der Waals surface area contributed by atoms with E-state index in [1.54, 1.807) is 18.2 Å². The first-order valence-corrected chi connectivity index (χ1v) is 8.26. The highest BCUT2D eigenvalue weighted by molar-refractivity contribution is 9.10. The Balaban J connectivity index is 1.75. The highest BCUT2D eigenvalue weighted by atomic mass is 79.9. The summed E-state index contributed by atoms with van der Waals surface area (Å²) in [5, 5.41) is 0.